The van der Waals surface area contributed by atoms with Crippen LogP contribution in [0.5, 0.6) is 0 Å². The predicted molar refractivity (Wildman–Crippen MR) is 79.4 cm³/mol. The zero-order valence-corrected chi connectivity index (χ0v) is 13.4. The van der Waals surface area contributed by atoms with Gasteiger partial charge in [0.1, 0.15) is 0 Å². The molecule has 0 atom stereocenters. The highest BCUT2D eigenvalue weighted by Gasteiger charge is 2.36. The molecule has 0 aromatic carbocycles. The summed E-state index contributed by atoms with van der Waals surface area (Å²) in [7, 11) is 0. The van der Waals surface area contributed by atoms with Crippen LogP contribution >= 0.6 is 0 Å². The van der Waals surface area contributed by atoms with Crippen molar-refractivity contribution >= 4 is 0 Å². The van der Waals surface area contributed by atoms with E-state index in [1.165, 1.54) is 12.8 Å². The summed E-state index contributed by atoms with van der Waals surface area (Å²) in [6.45, 7) is 6.08. The molecule has 1 saturated carbocycles. The largest absolute Gasteiger partial charge is 0.389 e. The van der Waals surface area contributed by atoms with Crippen LogP contribution in [0.25, 0.3) is 0 Å². The monoisotopic (exact) mass is 309 g/mol. The van der Waals surface area contributed by atoms with Crippen molar-refractivity contribution in [1.29, 1.82) is 0 Å². The van der Waals surface area contributed by atoms with Gasteiger partial charge in [-0.3, -0.25) is 0 Å². The number of rotatable bonds is 9. The average Bonchev–Trinajstić information content (AvgIpc) is 2.43. The molecular weight excluding hydrogens is 279 g/mol. The zero-order chi connectivity index (χ0) is 15.8. The Labute approximate surface area is 126 Å². The van der Waals surface area contributed by atoms with Gasteiger partial charge in [0.15, 0.2) is 0 Å². The topological polar surface area (TPSA) is 21.3 Å². The molecule has 0 saturated heterocycles. The van der Waals surface area contributed by atoms with Gasteiger partial charge in [-0.25, -0.2) is 0 Å². The number of alkyl halides is 3. The standard InChI is InChI=1S/C16H30F3NO/c1-3-6-14-7-10-15(11-8-14,13-20-4-2)21-12-5-9-16(17,18)19/h14,20H,3-13H2,1-2H3. The second kappa shape index (κ2) is 8.99. The molecule has 0 radical (unpaired) electrons. The summed E-state index contributed by atoms with van der Waals surface area (Å²) in [5, 5.41) is 3.32. The van der Waals surface area contributed by atoms with E-state index in [1.54, 1.807) is 0 Å². The van der Waals surface area contributed by atoms with E-state index >= 15 is 0 Å². The van der Waals surface area contributed by atoms with Crippen LogP contribution in [0.2, 0.25) is 0 Å². The molecule has 0 unspecified atom stereocenters. The SMILES string of the molecule is CCCC1CCC(CNCC)(OCCCC(F)(F)F)CC1. The molecule has 0 heterocycles. The van der Waals surface area contributed by atoms with E-state index < -0.39 is 12.6 Å². The number of likely N-dealkylation sites (N-methyl/N-ethyl adjacent to an activating group) is 1. The Hall–Kier alpha value is -0.290. The number of halogens is 3. The van der Waals surface area contributed by atoms with Crippen LogP contribution < -0.4 is 5.32 Å². The molecule has 5 heteroatoms. The van der Waals surface area contributed by atoms with Crippen molar-refractivity contribution < 1.29 is 17.9 Å². The third-order valence-corrected chi connectivity index (χ3v) is 4.42. The first-order valence-corrected chi connectivity index (χ1v) is 8.32. The van der Waals surface area contributed by atoms with Crippen LogP contribution in [0.1, 0.15) is 65.2 Å². The molecule has 0 amide bonds. The maximum atomic E-state index is 12.2. The van der Waals surface area contributed by atoms with Crippen molar-refractivity contribution in [3.8, 4) is 0 Å². The number of hydrogen-bond acceptors (Lipinski definition) is 2. The van der Waals surface area contributed by atoms with Gasteiger partial charge in [0.05, 0.1) is 5.60 Å². The molecule has 0 spiro atoms. The van der Waals surface area contributed by atoms with Crippen LogP contribution in [-0.2, 0) is 4.74 Å². The van der Waals surface area contributed by atoms with E-state index in [9.17, 15) is 13.2 Å². The summed E-state index contributed by atoms with van der Waals surface area (Å²) in [4.78, 5) is 0. The third-order valence-electron chi connectivity index (χ3n) is 4.42. The fraction of sp³-hybridized carbons (Fsp3) is 1.00. The van der Waals surface area contributed by atoms with E-state index in [4.69, 9.17) is 4.74 Å². The first kappa shape index (κ1) is 18.8. The van der Waals surface area contributed by atoms with E-state index in [-0.39, 0.29) is 18.6 Å². The molecule has 0 bridgehead atoms. The van der Waals surface area contributed by atoms with Crippen LogP contribution in [0.3, 0.4) is 0 Å². The summed E-state index contributed by atoms with van der Waals surface area (Å²) in [6.07, 6.45) is 1.92. The number of ether oxygens (including phenoxy) is 1. The Balaban J connectivity index is 2.40. The van der Waals surface area contributed by atoms with E-state index in [1.807, 2.05) is 6.92 Å². The van der Waals surface area contributed by atoms with Crippen molar-refractivity contribution in [3.63, 3.8) is 0 Å². The van der Waals surface area contributed by atoms with Crippen LogP contribution in [0, 0.1) is 5.92 Å². The minimum Gasteiger partial charge on any atom is -0.374 e. The molecule has 0 aromatic heterocycles. The lowest BCUT2D eigenvalue weighted by atomic mass is 9.77. The number of nitrogens with one attached hydrogen (secondary N) is 1. The minimum atomic E-state index is -4.07. The van der Waals surface area contributed by atoms with Gasteiger partial charge in [-0.1, -0.05) is 26.7 Å². The molecule has 1 fully saturated rings. The fourth-order valence-corrected chi connectivity index (χ4v) is 3.19. The maximum Gasteiger partial charge on any atom is 0.389 e. The van der Waals surface area contributed by atoms with Crippen LogP contribution in [0.4, 0.5) is 13.2 Å². The first-order valence-electron chi connectivity index (χ1n) is 8.32. The molecule has 21 heavy (non-hydrogen) atoms. The van der Waals surface area contributed by atoms with Gasteiger partial charge < -0.3 is 10.1 Å². The summed E-state index contributed by atoms with van der Waals surface area (Å²) >= 11 is 0. The Morgan fingerprint density at radius 2 is 1.86 bits per heavy atom. The highest BCUT2D eigenvalue weighted by Crippen LogP contribution is 2.37. The second-order valence-corrected chi connectivity index (χ2v) is 6.26. The Bertz CT molecular complexity index is 273. The molecular formula is C16H30F3NO. The smallest absolute Gasteiger partial charge is 0.374 e. The normalized spacial score (nSPS) is 27.0. The summed E-state index contributed by atoms with van der Waals surface area (Å²) in [5.74, 6) is 0.767. The van der Waals surface area contributed by atoms with Gasteiger partial charge in [-0.15, -0.1) is 0 Å². The van der Waals surface area contributed by atoms with Crippen molar-refractivity contribution in [3.05, 3.63) is 0 Å². The summed E-state index contributed by atoms with van der Waals surface area (Å²) < 4.78 is 42.5. The van der Waals surface area contributed by atoms with Crippen molar-refractivity contribution in [2.75, 3.05) is 19.7 Å². The molecule has 126 valence electrons. The van der Waals surface area contributed by atoms with Crippen LogP contribution in [-0.4, -0.2) is 31.5 Å². The van der Waals surface area contributed by atoms with Crippen molar-refractivity contribution in [2.45, 2.75) is 77.0 Å². The molecule has 1 rings (SSSR count). The van der Waals surface area contributed by atoms with Crippen LogP contribution in [0.15, 0.2) is 0 Å². The quantitative estimate of drug-likeness (QED) is 0.624. The van der Waals surface area contributed by atoms with Crippen molar-refractivity contribution in [2.24, 2.45) is 5.92 Å². The van der Waals surface area contributed by atoms with Gasteiger partial charge in [-0.2, -0.15) is 13.2 Å². The molecule has 1 aliphatic rings. The van der Waals surface area contributed by atoms with E-state index in [0.29, 0.717) is 0 Å². The third kappa shape index (κ3) is 7.50. The van der Waals surface area contributed by atoms with Gasteiger partial charge >= 0.3 is 6.18 Å². The Morgan fingerprint density at radius 1 is 1.19 bits per heavy atom. The lowest BCUT2D eigenvalue weighted by Gasteiger charge is -2.40. The summed E-state index contributed by atoms with van der Waals surface area (Å²) in [6, 6.07) is 0. The van der Waals surface area contributed by atoms with Gasteiger partial charge in [0.25, 0.3) is 0 Å². The predicted octanol–water partition coefficient (Wildman–Crippen LogP) is 4.68. The van der Waals surface area contributed by atoms with E-state index in [2.05, 4.69) is 12.2 Å². The Kier molecular flexibility index (Phi) is 8.03. The highest BCUT2D eigenvalue weighted by molar-refractivity contribution is 4.89. The summed E-state index contributed by atoms with van der Waals surface area (Å²) in [5.41, 5.74) is -0.244. The molecule has 2 nitrogen and oxygen atoms in total. The highest BCUT2D eigenvalue weighted by atomic mass is 19.4. The lowest BCUT2D eigenvalue weighted by Crippen LogP contribution is -2.46. The fourth-order valence-electron chi connectivity index (χ4n) is 3.19. The Morgan fingerprint density at radius 3 is 2.38 bits per heavy atom. The molecule has 0 aromatic rings. The van der Waals surface area contributed by atoms with Gasteiger partial charge in [0.2, 0.25) is 0 Å². The average molecular weight is 309 g/mol. The lowest BCUT2D eigenvalue weighted by molar-refractivity contribution is -0.144. The van der Waals surface area contributed by atoms with E-state index in [0.717, 1.165) is 44.7 Å². The first-order chi connectivity index (χ1) is 9.91. The van der Waals surface area contributed by atoms with Gasteiger partial charge in [-0.05, 0) is 44.6 Å². The zero-order valence-electron chi connectivity index (χ0n) is 13.4. The maximum absolute atomic E-state index is 12.2. The molecule has 1 N–H and O–H groups in total. The minimum absolute atomic E-state index is 0.0652. The van der Waals surface area contributed by atoms with Crippen molar-refractivity contribution in [1.82, 2.24) is 5.32 Å². The molecule has 1 aliphatic carbocycles. The van der Waals surface area contributed by atoms with Gasteiger partial charge in [0, 0.05) is 19.6 Å². The second-order valence-electron chi connectivity index (χ2n) is 6.26. The number of hydrogen-bond donors (Lipinski definition) is 1. The molecule has 0 aliphatic heterocycles.